The second-order valence-corrected chi connectivity index (χ2v) is 4.70. The average Bonchev–Trinajstić information content (AvgIpc) is 2.55. The van der Waals surface area contributed by atoms with Crippen molar-refractivity contribution in [3.8, 4) is 0 Å². The van der Waals surface area contributed by atoms with E-state index in [2.05, 4.69) is 15.6 Å². The van der Waals surface area contributed by atoms with Gasteiger partial charge in [0.1, 0.15) is 6.04 Å². The summed E-state index contributed by atoms with van der Waals surface area (Å²) in [6.07, 6.45) is 6.28. The molecule has 0 spiro atoms. The predicted octanol–water partition coefficient (Wildman–Crippen LogP) is 2.24. The molecule has 1 aromatic heterocycles. The second-order valence-electron chi connectivity index (χ2n) is 4.70. The maximum atomic E-state index is 12.0. The Morgan fingerprint density at radius 3 is 2.45 bits per heavy atom. The molecule has 22 heavy (non-hydrogen) atoms. The van der Waals surface area contributed by atoms with Gasteiger partial charge in [-0.3, -0.25) is 14.6 Å². The standard InChI is InChI=1S/C17H17N3O2/c1-13(17(22)20-15-9-11-18-12-10-15)19-16(21)8-7-14-5-3-2-4-6-14/h2-13H,1H3,(H,19,21)(H,18,20,22). The molecule has 1 aromatic carbocycles. The Labute approximate surface area is 129 Å². The van der Waals surface area contributed by atoms with E-state index in [1.165, 1.54) is 6.08 Å². The lowest BCUT2D eigenvalue weighted by Gasteiger charge is -2.12. The number of rotatable bonds is 5. The molecular weight excluding hydrogens is 278 g/mol. The van der Waals surface area contributed by atoms with E-state index in [9.17, 15) is 9.59 Å². The normalized spacial score (nSPS) is 11.9. The summed E-state index contributed by atoms with van der Waals surface area (Å²) in [5, 5.41) is 5.32. The molecule has 2 rings (SSSR count). The number of carbonyl (C=O) groups excluding carboxylic acids is 2. The van der Waals surface area contributed by atoms with E-state index in [4.69, 9.17) is 0 Å². The number of hydrogen-bond acceptors (Lipinski definition) is 3. The van der Waals surface area contributed by atoms with E-state index < -0.39 is 6.04 Å². The summed E-state index contributed by atoms with van der Waals surface area (Å²) >= 11 is 0. The highest BCUT2D eigenvalue weighted by Crippen LogP contribution is 2.04. The zero-order valence-corrected chi connectivity index (χ0v) is 12.2. The van der Waals surface area contributed by atoms with Crippen LogP contribution in [0.4, 0.5) is 5.69 Å². The highest BCUT2D eigenvalue weighted by Gasteiger charge is 2.14. The van der Waals surface area contributed by atoms with Crippen molar-refractivity contribution in [3.05, 3.63) is 66.5 Å². The third kappa shape index (κ3) is 4.86. The number of nitrogens with one attached hydrogen (secondary N) is 2. The van der Waals surface area contributed by atoms with Crippen molar-refractivity contribution in [1.82, 2.24) is 10.3 Å². The molecule has 2 N–H and O–H groups in total. The van der Waals surface area contributed by atoms with Crippen LogP contribution in [0, 0.1) is 0 Å². The monoisotopic (exact) mass is 295 g/mol. The van der Waals surface area contributed by atoms with Gasteiger partial charge in [-0.1, -0.05) is 30.3 Å². The van der Waals surface area contributed by atoms with Gasteiger partial charge in [-0.05, 0) is 30.7 Å². The highest BCUT2D eigenvalue weighted by atomic mass is 16.2. The first kappa shape index (κ1) is 15.4. The lowest BCUT2D eigenvalue weighted by atomic mass is 10.2. The molecule has 2 aromatic rings. The van der Waals surface area contributed by atoms with Crippen LogP contribution in [-0.2, 0) is 9.59 Å². The van der Waals surface area contributed by atoms with Crippen molar-refractivity contribution in [3.63, 3.8) is 0 Å². The minimum atomic E-state index is -0.638. The summed E-state index contributed by atoms with van der Waals surface area (Å²) in [5.41, 5.74) is 1.56. The van der Waals surface area contributed by atoms with Gasteiger partial charge in [0.25, 0.3) is 0 Å². The first-order chi connectivity index (χ1) is 10.6. The van der Waals surface area contributed by atoms with E-state index in [0.717, 1.165) is 5.56 Å². The topological polar surface area (TPSA) is 71.1 Å². The molecule has 2 amide bonds. The number of pyridine rings is 1. The molecule has 1 heterocycles. The van der Waals surface area contributed by atoms with Crippen molar-refractivity contribution >= 4 is 23.6 Å². The van der Waals surface area contributed by atoms with Crippen LogP contribution in [0.15, 0.2) is 60.9 Å². The van der Waals surface area contributed by atoms with E-state index in [1.54, 1.807) is 37.5 Å². The summed E-state index contributed by atoms with van der Waals surface area (Å²) in [6.45, 7) is 1.63. The van der Waals surface area contributed by atoms with Crippen LogP contribution >= 0.6 is 0 Å². The third-order valence-corrected chi connectivity index (χ3v) is 2.93. The van der Waals surface area contributed by atoms with Gasteiger partial charge in [-0.25, -0.2) is 0 Å². The number of hydrogen-bond donors (Lipinski definition) is 2. The molecular formula is C17H17N3O2. The number of benzene rings is 1. The lowest BCUT2D eigenvalue weighted by Crippen LogP contribution is -2.40. The summed E-state index contributed by atoms with van der Waals surface area (Å²) in [5.74, 6) is -0.603. The molecule has 0 saturated carbocycles. The van der Waals surface area contributed by atoms with Crippen molar-refractivity contribution in [2.24, 2.45) is 0 Å². The fourth-order valence-electron chi connectivity index (χ4n) is 1.75. The molecule has 5 heteroatoms. The lowest BCUT2D eigenvalue weighted by molar-refractivity contribution is -0.123. The Bertz CT molecular complexity index is 654. The zero-order chi connectivity index (χ0) is 15.8. The van der Waals surface area contributed by atoms with Crippen LogP contribution in [0.5, 0.6) is 0 Å². The Balaban J connectivity index is 1.85. The van der Waals surface area contributed by atoms with E-state index in [1.807, 2.05) is 30.3 Å². The zero-order valence-electron chi connectivity index (χ0n) is 12.2. The van der Waals surface area contributed by atoms with Gasteiger partial charge in [0.2, 0.25) is 11.8 Å². The summed E-state index contributed by atoms with van der Waals surface area (Å²) in [7, 11) is 0. The van der Waals surface area contributed by atoms with Crippen LogP contribution in [-0.4, -0.2) is 22.8 Å². The Morgan fingerprint density at radius 1 is 1.09 bits per heavy atom. The molecule has 112 valence electrons. The molecule has 0 radical (unpaired) electrons. The van der Waals surface area contributed by atoms with E-state index >= 15 is 0 Å². The van der Waals surface area contributed by atoms with Gasteiger partial charge >= 0.3 is 0 Å². The minimum absolute atomic E-state index is 0.285. The van der Waals surface area contributed by atoms with E-state index in [0.29, 0.717) is 5.69 Å². The first-order valence-electron chi connectivity index (χ1n) is 6.89. The predicted molar refractivity (Wildman–Crippen MR) is 85.9 cm³/mol. The quantitative estimate of drug-likeness (QED) is 0.831. The van der Waals surface area contributed by atoms with Gasteiger partial charge in [-0.2, -0.15) is 0 Å². The number of carbonyl (C=O) groups is 2. The average molecular weight is 295 g/mol. The van der Waals surface area contributed by atoms with Crippen molar-refractivity contribution in [2.45, 2.75) is 13.0 Å². The fraction of sp³-hybridized carbons (Fsp3) is 0.118. The molecule has 0 fully saturated rings. The molecule has 5 nitrogen and oxygen atoms in total. The van der Waals surface area contributed by atoms with Crippen LogP contribution < -0.4 is 10.6 Å². The second kappa shape index (κ2) is 7.73. The third-order valence-electron chi connectivity index (χ3n) is 2.93. The van der Waals surface area contributed by atoms with Gasteiger partial charge < -0.3 is 10.6 Å². The minimum Gasteiger partial charge on any atom is -0.341 e. The van der Waals surface area contributed by atoms with Gasteiger partial charge in [-0.15, -0.1) is 0 Å². The summed E-state index contributed by atoms with van der Waals surface area (Å²) in [6, 6.07) is 12.2. The molecule has 0 bridgehead atoms. The van der Waals surface area contributed by atoms with Gasteiger partial charge in [0.15, 0.2) is 0 Å². The molecule has 0 saturated heterocycles. The van der Waals surface area contributed by atoms with Gasteiger partial charge in [0.05, 0.1) is 0 Å². The van der Waals surface area contributed by atoms with Gasteiger partial charge in [0, 0.05) is 24.2 Å². The largest absolute Gasteiger partial charge is 0.341 e. The van der Waals surface area contributed by atoms with Crippen LogP contribution in [0.1, 0.15) is 12.5 Å². The number of nitrogens with zero attached hydrogens (tertiary/aromatic N) is 1. The number of amides is 2. The molecule has 1 unspecified atom stereocenters. The smallest absolute Gasteiger partial charge is 0.246 e. The SMILES string of the molecule is CC(NC(=O)C=Cc1ccccc1)C(=O)Nc1ccncc1. The molecule has 0 aliphatic rings. The Morgan fingerprint density at radius 2 is 1.77 bits per heavy atom. The summed E-state index contributed by atoms with van der Waals surface area (Å²) in [4.78, 5) is 27.6. The Hall–Kier alpha value is -2.95. The molecule has 0 aliphatic carbocycles. The molecule has 1 atom stereocenters. The van der Waals surface area contributed by atoms with Crippen molar-refractivity contribution < 1.29 is 9.59 Å². The van der Waals surface area contributed by atoms with Crippen molar-refractivity contribution in [2.75, 3.05) is 5.32 Å². The van der Waals surface area contributed by atoms with Crippen LogP contribution in [0.3, 0.4) is 0 Å². The fourth-order valence-corrected chi connectivity index (χ4v) is 1.75. The Kier molecular flexibility index (Phi) is 5.43. The van der Waals surface area contributed by atoms with E-state index in [-0.39, 0.29) is 11.8 Å². The van der Waals surface area contributed by atoms with Crippen LogP contribution in [0.2, 0.25) is 0 Å². The summed E-state index contributed by atoms with van der Waals surface area (Å²) < 4.78 is 0. The molecule has 0 aliphatic heterocycles. The first-order valence-corrected chi connectivity index (χ1v) is 6.89. The number of anilines is 1. The van der Waals surface area contributed by atoms with Crippen LogP contribution in [0.25, 0.3) is 6.08 Å². The maximum Gasteiger partial charge on any atom is 0.246 e. The maximum absolute atomic E-state index is 12.0. The van der Waals surface area contributed by atoms with Crippen molar-refractivity contribution in [1.29, 1.82) is 0 Å². The highest BCUT2D eigenvalue weighted by molar-refractivity contribution is 5.99. The number of aromatic nitrogens is 1.